The van der Waals surface area contributed by atoms with E-state index in [2.05, 4.69) is 0 Å². The van der Waals surface area contributed by atoms with Crippen molar-refractivity contribution in [1.29, 1.82) is 0 Å². The molecule has 0 aliphatic carbocycles. The zero-order valence-electron chi connectivity index (χ0n) is 5.45. The Hall–Kier alpha value is -0.606. The molecule has 0 saturated carbocycles. The van der Waals surface area contributed by atoms with Gasteiger partial charge in [-0.3, -0.25) is 0 Å². The third-order valence-corrected chi connectivity index (χ3v) is 0. The van der Waals surface area contributed by atoms with E-state index in [1.165, 1.54) is 0 Å². The van der Waals surface area contributed by atoms with Gasteiger partial charge in [-0.2, -0.15) is 0 Å². The number of hydrogen-bond donors (Lipinski definition) is 0. The first-order chi connectivity index (χ1) is 3.46. The molecule has 0 heterocycles. The van der Waals surface area contributed by atoms with Gasteiger partial charge in [-0.1, -0.05) is 0 Å². The van der Waals surface area contributed by atoms with Crippen LogP contribution in [0.2, 0.25) is 0 Å². The number of carbonyl (C=O) groups is 2. The quantitative estimate of drug-likeness (QED) is 0.376. The molecule has 0 aliphatic rings. The first kappa shape index (κ1) is 22.7. The van der Waals surface area contributed by atoms with E-state index in [0.717, 1.165) is 13.8 Å². The Labute approximate surface area is 68.3 Å². The zero-order chi connectivity index (χ0) is 7.15. The number of carboxylic acid groups (broad SMARTS) is 2. The maximum atomic E-state index is 8.89. The van der Waals surface area contributed by atoms with Crippen LogP contribution in [-0.4, -0.2) is 17.4 Å². The molecule has 0 saturated heterocycles. The third kappa shape index (κ3) is 822. The molecule has 0 unspecified atom stereocenters. The van der Waals surface area contributed by atoms with Crippen LogP contribution >= 0.6 is 0 Å². The second-order valence-electron chi connectivity index (χ2n) is 0.983. The van der Waals surface area contributed by atoms with Gasteiger partial charge in [-0.15, -0.1) is 0 Å². The molecule has 0 radical (unpaired) electrons. The molecule has 0 amide bonds. The van der Waals surface area contributed by atoms with Crippen LogP contribution in [0.25, 0.3) is 0 Å². The van der Waals surface area contributed by atoms with E-state index in [9.17, 15) is 0 Å². The van der Waals surface area contributed by atoms with E-state index in [-0.39, 0.29) is 22.0 Å². The van der Waals surface area contributed by atoms with Crippen LogP contribution in [0.15, 0.2) is 0 Å². The van der Waals surface area contributed by atoms with Gasteiger partial charge in [0.25, 0.3) is 0 Å². The first-order valence-electron chi connectivity index (χ1n) is 1.82. The summed E-state index contributed by atoms with van der Waals surface area (Å²) in [5, 5.41) is 17.8. The third-order valence-electron chi connectivity index (χ3n) is 0. The number of carbonyl (C=O) groups excluding carboxylic acids is 2. The Bertz CT molecular complexity index is 71.6. The molecule has 64 valence electrons. The summed E-state index contributed by atoms with van der Waals surface area (Å²) in [5.74, 6) is -2.17. The fourth-order valence-electron chi connectivity index (χ4n) is 0. The molecule has 5 nitrogen and oxygen atoms in total. The predicted molar refractivity (Wildman–Crippen MR) is 25.0 cm³/mol. The Kier molecular flexibility index (Phi) is 35.9. The Morgan fingerprint density at radius 2 is 1.00 bits per heavy atom. The van der Waals surface area contributed by atoms with Gasteiger partial charge >= 0.3 is 16.5 Å². The molecule has 0 bridgehead atoms. The Balaban J connectivity index is -0.0000000300. The monoisotopic (exact) mass is 194 g/mol. The summed E-state index contributed by atoms with van der Waals surface area (Å²) in [7, 11) is 0. The minimum atomic E-state index is -1.08. The Morgan fingerprint density at radius 1 is 1.00 bits per heavy atom. The summed E-state index contributed by atoms with van der Waals surface area (Å²) in [5.41, 5.74) is 0. The summed E-state index contributed by atoms with van der Waals surface area (Å²) in [6.45, 7) is 1.94. The van der Waals surface area contributed by atoms with Crippen molar-refractivity contribution in [3.63, 3.8) is 0 Å². The van der Waals surface area contributed by atoms with Crippen molar-refractivity contribution in [1.82, 2.24) is 0 Å². The molecule has 0 spiro atoms. The molecular formula is C4H8NiO5. The van der Waals surface area contributed by atoms with Crippen molar-refractivity contribution < 1.29 is 41.8 Å². The molecule has 0 aromatic heterocycles. The van der Waals surface area contributed by atoms with Crippen molar-refractivity contribution in [3.8, 4) is 0 Å². The summed E-state index contributed by atoms with van der Waals surface area (Å²) in [4.78, 5) is 17.8. The van der Waals surface area contributed by atoms with Gasteiger partial charge in [0.15, 0.2) is 0 Å². The fourth-order valence-corrected chi connectivity index (χ4v) is 0. The van der Waals surface area contributed by atoms with Crippen LogP contribution in [-0.2, 0) is 26.1 Å². The second-order valence-corrected chi connectivity index (χ2v) is 0.983. The summed E-state index contributed by atoms with van der Waals surface area (Å²) in [6.07, 6.45) is 0. The largest absolute Gasteiger partial charge is 2.00 e. The van der Waals surface area contributed by atoms with Crippen LogP contribution in [0, 0.1) is 0 Å². The molecule has 2 N–H and O–H groups in total. The van der Waals surface area contributed by atoms with Crippen LogP contribution in [0.3, 0.4) is 0 Å². The number of carboxylic acids is 2. The molecule has 0 aromatic rings. The van der Waals surface area contributed by atoms with Crippen LogP contribution < -0.4 is 10.2 Å². The van der Waals surface area contributed by atoms with E-state index < -0.39 is 11.9 Å². The van der Waals surface area contributed by atoms with E-state index in [1.807, 2.05) is 0 Å². The van der Waals surface area contributed by atoms with Crippen molar-refractivity contribution in [2.75, 3.05) is 0 Å². The van der Waals surface area contributed by atoms with Crippen LogP contribution in [0.5, 0.6) is 0 Å². The van der Waals surface area contributed by atoms with Gasteiger partial charge in [0.05, 0.1) is 0 Å². The van der Waals surface area contributed by atoms with Crippen molar-refractivity contribution >= 4 is 11.9 Å². The topological polar surface area (TPSA) is 112 Å². The van der Waals surface area contributed by atoms with Gasteiger partial charge in [0.1, 0.15) is 0 Å². The van der Waals surface area contributed by atoms with E-state index in [1.54, 1.807) is 0 Å². The molecule has 10 heavy (non-hydrogen) atoms. The van der Waals surface area contributed by atoms with Crippen molar-refractivity contribution in [2.45, 2.75) is 13.8 Å². The van der Waals surface area contributed by atoms with E-state index in [0.29, 0.717) is 0 Å². The summed E-state index contributed by atoms with van der Waals surface area (Å²) < 4.78 is 0. The minimum Gasteiger partial charge on any atom is -0.550 e. The van der Waals surface area contributed by atoms with Gasteiger partial charge < -0.3 is 25.3 Å². The van der Waals surface area contributed by atoms with E-state index in [4.69, 9.17) is 19.8 Å². The molecule has 0 atom stereocenters. The number of rotatable bonds is 0. The first-order valence-corrected chi connectivity index (χ1v) is 1.82. The summed E-state index contributed by atoms with van der Waals surface area (Å²) in [6, 6.07) is 0. The average Bonchev–Trinajstić information content (AvgIpc) is 1.25. The van der Waals surface area contributed by atoms with Crippen molar-refractivity contribution in [2.24, 2.45) is 0 Å². The maximum Gasteiger partial charge on any atom is 2.00 e. The predicted octanol–water partition coefficient (Wildman–Crippen LogP) is -3.31. The molecule has 0 aliphatic heterocycles. The van der Waals surface area contributed by atoms with Crippen LogP contribution in [0.4, 0.5) is 0 Å². The molecule has 0 aromatic carbocycles. The maximum absolute atomic E-state index is 8.89. The fraction of sp³-hybridized carbons (Fsp3) is 0.500. The smallest absolute Gasteiger partial charge is 0.550 e. The van der Waals surface area contributed by atoms with Crippen LogP contribution in [0.1, 0.15) is 13.8 Å². The van der Waals surface area contributed by atoms with Crippen molar-refractivity contribution in [3.05, 3.63) is 0 Å². The van der Waals surface area contributed by atoms with Gasteiger partial charge in [0, 0.05) is 11.9 Å². The molecule has 0 rings (SSSR count). The normalized spacial score (nSPS) is 5.00. The standard InChI is InChI=1S/2C2H4O2.Ni.H2O/c2*1-2(3)4;;/h2*1H3,(H,3,4);;1H2/q;;+2;/p-2. The van der Waals surface area contributed by atoms with E-state index >= 15 is 0 Å². The second kappa shape index (κ2) is 15.8. The SMILES string of the molecule is CC(=O)[O-].CC(=O)[O-].O.[Ni+2]. The van der Waals surface area contributed by atoms with Gasteiger partial charge in [-0.25, -0.2) is 0 Å². The number of aliphatic carboxylic acids is 2. The Morgan fingerprint density at radius 3 is 1.00 bits per heavy atom. The zero-order valence-corrected chi connectivity index (χ0v) is 6.44. The molecule has 0 fully saturated rings. The number of hydrogen-bond acceptors (Lipinski definition) is 4. The minimum absolute atomic E-state index is 0. The van der Waals surface area contributed by atoms with Gasteiger partial charge in [0.2, 0.25) is 0 Å². The molecular weight excluding hydrogens is 187 g/mol. The molecule has 6 heteroatoms. The summed E-state index contributed by atoms with van der Waals surface area (Å²) >= 11 is 0. The average molecular weight is 195 g/mol. The van der Waals surface area contributed by atoms with Gasteiger partial charge in [-0.05, 0) is 13.8 Å².